The number of amides is 1. The number of hydrogen-bond donors (Lipinski definition) is 1. The van der Waals surface area contributed by atoms with Crippen LogP contribution >= 0.6 is 0 Å². The maximum absolute atomic E-state index is 11.7. The van der Waals surface area contributed by atoms with E-state index in [9.17, 15) is 14.1 Å². The summed E-state index contributed by atoms with van der Waals surface area (Å²) in [4.78, 5) is 21.8. The molecule has 2 fully saturated rings. The van der Waals surface area contributed by atoms with E-state index in [-0.39, 0.29) is 23.5 Å². The number of piperidine rings is 1. The zero-order chi connectivity index (χ0) is 25.9. The lowest BCUT2D eigenvalue weighted by molar-refractivity contribution is 0.0113. The van der Waals surface area contributed by atoms with Gasteiger partial charge < -0.3 is 19.5 Å². The Hall–Kier alpha value is -2.76. The molecule has 2 atom stereocenters. The number of likely N-dealkylation sites (tertiary alicyclic amines) is 1. The van der Waals surface area contributed by atoms with Gasteiger partial charge in [-0.15, -0.1) is 0 Å². The molecule has 36 heavy (non-hydrogen) atoms. The minimum absolute atomic E-state index is 0.151. The maximum Gasteiger partial charge on any atom is 0.407 e. The maximum atomic E-state index is 11.7. The van der Waals surface area contributed by atoms with Gasteiger partial charge >= 0.3 is 17.5 Å². The summed E-state index contributed by atoms with van der Waals surface area (Å²) in [5.41, 5.74) is 1.56. The van der Waals surface area contributed by atoms with Crippen molar-refractivity contribution in [2.75, 3.05) is 19.8 Å². The van der Waals surface area contributed by atoms with E-state index < -0.39 is 17.5 Å². The molecule has 2 aliphatic rings. The highest BCUT2D eigenvalue weighted by molar-refractivity contribution is 7.75. The molecule has 0 spiro atoms. The van der Waals surface area contributed by atoms with Crippen molar-refractivity contribution in [2.24, 2.45) is 11.3 Å². The fraction of sp³-hybridized carbons (Fsp3) is 0.560. The summed E-state index contributed by atoms with van der Waals surface area (Å²) in [6, 6.07) is 7.53. The van der Waals surface area contributed by atoms with E-state index in [1.807, 2.05) is 52.0 Å². The summed E-state index contributed by atoms with van der Waals surface area (Å²) in [6.07, 6.45) is 2.28. The van der Waals surface area contributed by atoms with Gasteiger partial charge in [0, 0.05) is 31.3 Å². The van der Waals surface area contributed by atoms with Crippen LogP contribution in [0.4, 0.5) is 4.79 Å². The molecular weight excluding hydrogens is 486 g/mol. The Morgan fingerprint density at radius 3 is 2.47 bits per heavy atom. The minimum atomic E-state index is -1.63. The first kappa shape index (κ1) is 26.3. The summed E-state index contributed by atoms with van der Waals surface area (Å²) in [5, 5.41) is 9.60. The zero-order valence-electron chi connectivity index (χ0n) is 21.0. The van der Waals surface area contributed by atoms with Crippen LogP contribution in [-0.4, -0.2) is 62.2 Å². The molecule has 2 aliphatic heterocycles. The van der Waals surface area contributed by atoms with Crippen molar-refractivity contribution in [1.82, 2.24) is 14.9 Å². The third-order valence-electron chi connectivity index (χ3n) is 6.53. The van der Waals surface area contributed by atoms with Gasteiger partial charge in [-0.1, -0.05) is 32.9 Å². The highest BCUT2D eigenvalue weighted by atomic mass is 32.2. The van der Waals surface area contributed by atoms with E-state index in [4.69, 9.17) is 17.8 Å². The average Bonchev–Trinajstić information content (AvgIpc) is 2.83. The summed E-state index contributed by atoms with van der Waals surface area (Å²) in [6.45, 7) is 9.20. The molecule has 1 aromatic carbocycles. The number of carboxylic acid groups (broad SMARTS) is 1. The second kappa shape index (κ2) is 11.1. The summed E-state index contributed by atoms with van der Waals surface area (Å²) < 4.78 is 33.5. The number of carbonyl (C=O) groups is 1. The van der Waals surface area contributed by atoms with Crippen molar-refractivity contribution >= 4 is 17.5 Å². The molecule has 3 heterocycles. The summed E-state index contributed by atoms with van der Waals surface area (Å²) in [5.74, 6) is 1.62. The van der Waals surface area contributed by atoms with E-state index in [1.165, 1.54) is 11.2 Å². The van der Waals surface area contributed by atoms with Gasteiger partial charge in [0.15, 0.2) is 0 Å². The van der Waals surface area contributed by atoms with E-state index in [0.29, 0.717) is 55.7 Å². The van der Waals surface area contributed by atoms with Gasteiger partial charge in [0.25, 0.3) is 0 Å². The lowest BCUT2D eigenvalue weighted by Crippen LogP contribution is -2.53. The molecule has 1 aromatic heterocycles. The molecule has 1 N–H and O–H groups in total. The number of nitrogens with zero attached hydrogens (tertiary/aromatic N) is 3. The van der Waals surface area contributed by atoms with Gasteiger partial charge in [0.2, 0.25) is 11.8 Å². The molecule has 0 aliphatic carbocycles. The Morgan fingerprint density at radius 2 is 1.83 bits per heavy atom. The lowest BCUT2D eigenvalue weighted by atomic mass is 9.80. The molecule has 10 nitrogen and oxygen atoms in total. The van der Waals surface area contributed by atoms with Crippen LogP contribution in [0.2, 0.25) is 0 Å². The number of hydrogen-bond acceptors (Lipinski definition) is 8. The van der Waals surface area contributed by atoms with Crippen LogP contribution in [0, 0.1) is 18.3 Å². The molecule has 0 saturated carbocycles. The minimum Gasteiger partial charge on any atom is -0.474 e. The molecular formula is C25H33N3O7S. The topological polar surface area (TPSA) is 120 Å². The van der Waals surface area contributed by atoms with Crippen LogP contribution in [0.5, 0.6) is 17.5 Å². The molecule has 2 saturated heterocycles. The first-order chi connectivity index (χ1) is 17.1. The fourth-order valence-corrected chi connectivity index (χ4v) is 5.21. The van der Waals surface area contributed by atoms with Crippen LogP contribution in [0.1, 0.15) is 44.7 Å². The van der Waals surface area contributed by atoms with Gasteiger partial charge in [-0.2, -0.15) is 4.21 Å². The second-order valence-corrected chi connectivity index (χ2v) is 11.2. The van der Waals surface area contributed by atoms with Crippen molar-refractivity contribution in [1.29, 1.82) is 0 Å². The molecule has 4 rings (SSSR count). The highest BCUT2D eigenvalue weighted by Crippen LogP contribution is 2.35. The molecule has 0 bridgehead atoms. The number of ether oxygens (including phenoxy) is 2. The number of aromatic nitrogens is 2. The Morgan fingerprint density at radius 1 is 1.17 bits per heavy atom. The normalized spacial score (nSPS) is 24.8. The third kappa shape index (κ3) is 6.51. The number of rotatable bonds is 6. The smallest absolute Gasteiger partial charge is 0.407 e. The molecule has 0 radical (unpaired) electrons. The quantitative estimate of drug-likeness (QED) is 0.595. The Bertz CT molecular complexity index is 1080. The van der Waals surface area contributed by atoms with Gasteiger partial charge in [-0.3, -0.25) is 8.37 Å². The van der Waals surface area contributed by atoms with Crippen LogP contribution < -0.4 is 9.47 Å². The first-order valence-corrected chi connectivity index (χ1v) is 13.0. The van der Waals surface area contributed by atoms with Crippen LogP contribution in [0.25, 0.3) is 0 Å². The van der Waals surface area contributed by atoms with Crippen LogP contribution in [-0.2, 0) is 26.1 Å². The van der Waals surface area contributed by atoms with E-state index in [1.54, 1.807) is 0 Å². The summed E-state index contributed by atoms with van der Waals surface area (Å²) >= 11 is -1.63. The molecule has 0 unspecified atom stereocenters. The Labute approximate surface area is 213 Å². The largest absolute Gasteiger partial charge is 0.474 e. The Kier molecular flexibility index (Phi) is 8.11. The highest BCUT2D eigenvalue weighted by Gasteiger charge is 2.39. The first-order valence-electron chi connectivity index (χ1n) is 12.0. The van der Waals surface area contributed by atoms with Crippen LogP contribution in [0.3, 0.4) is 0 Å². The SMILES string of the molecule is Cc1c(Oc2ccc(CC3COS(=O)OC3)cc2)ncnc1O[C@@H]1CCN(C(=O)O)[C@H](C(C)(C)C)C1. The molecule has 2 aromatic rings. The van der Waals surface area contributed by atoms with Crippen molar-refractivity contribution in [3.63, 3.8) is 0 Å². The van der Waals surface area contributed by atoms with Crippen molar-refractivity contribution in [3.8, 4) is 17.5 Å². The second-order valence-electron chi connectivity index (χ2n) is 10.3. The molecule has 196 valence electrons. The Balaban J connectivity index is 1.39. The fourth-order valence-electron chi connectivity index (χ4n) is 4.53. The number of benzene rings is 1. The lowest BCUT2D eigenvalue weighted by Gasteiger charge is -2.44. The monoisotopic (exact) mass is 519 g/mol. The van der Waals surface area contributed by atoms with Crippen molar-refractivity contribution in [2.45, 2.75) is 59.1 Å². The van der Waals surface area contributed by atoms with Crippen molar-refractivity contribution in [3.05, 3.63) is 41.7 Å². The zero-order valence-corrected chi connectivity index (χ0v) is 21.8. The van der Waals surface area contributed by atoms with E-state index in [0.717, 1.165) is 12.0 Å². The summed E-state index contributed by atoms with van der Waals surface area (Å²) in [7, 11) is 0. The van der Waals surface area contributed by atoms with Crippen molar-refractivity contribution < 1.29 is 31.9 Å². The van der Waals surface area contributed by atoms with Gasteiger partial charge in [-0.25, -0.2) is 14.8 Å². The predicted molar refractivity (Wildman–Crippen MR) is 132 cm³/mol. The molecule has 11 heteroatoms. The third-order valence-corrected chi connectivity index (χ3v) is 7.19. The van der Waals surface area contributed by atoms with E-state index >= 15 is 0 Å². The van der Waals surface area contributed by atoms with E-state index in [2.05, 4.69) is 9.97 Å². The van der Waals surface area contributed by atoms with Crippen LogP contribution in [0.15, 0.2) is 30.6 Å². The molecule has 1 amide bonds. The predicted octanol–water partition coefficient (Wildman–Crippen LogP) is 4.30. The van der Waals surface area contributed by atoms with Gasteiger partial charge in [0.05, 0.1) is 18.8 Å². The standard InChI is InChI=1S/C25H33N3O7S/c1-16-22(34-19-7-5-17(6-8-19)11-18-13-32-36(31)33-14-18)26-15-27-23(16)35-20-9-10-28(24(29)30)21(12-20)25(2,3)4/h5-8,15,18,20-21H,9-14H2,1-4H3,(H,29,30)/t18?,20-,21+,36?/m1/s1. The van der Waals surface area contributed by atoms with Gasteiger partial charge in [-0.05, 0) is 36.5 Å². The van der Waals surface area contributed by atoms with Gasteiger partial charge in [0.1, 0.15) is 18.2 Å². The average molecular weight is 520 g/mol.